The summed E-state index contributed by atoms with van der Waals surface area (Å²) in [6.07, 6.45) is 5.49. The smallest absolute Gasteiger partial charge is 0.237 e. The van der Waals surface area contributed by atoms with Crippen molar-refractivity contribution >= 4 is 11.7 Å². The van der Waals surface area contributed by atoms with Gasteiger partial charge in [0.15, 0.2) is 0 Å². The van der Waals surface area contributed by atoms with Gasteiger partial charge in [0.25, 0.3) is 0 Å². The third kappa shape index (κ3) is 3.23. The van der Waals surface area contributed by atoms with Gasteiger partial charge in [-0.05, 0) is 25.8 Å². The monoisotopic (exact) mass is 263 g/mol. The van der Waals surface area contributed by atoms with Crippen molar-refractivity contribution in [3.63, 3.8) is 0 Å². The zero-order valence-corrected chi connectivity index (χ0v) is 11.2. The molecule has 1 aromatic rings. The number of anilines is 1. The summed E-state index contributed by atoms with van der Waals surface area (Å²) in [4.78, 5) is 17.6. The molecule has 0 bridgehead atoms. The summed E-state index contributed by atoms with van der Waals surface area (Å²) < 4.78 is 0. The lowest BCUT2D eigenvalue weighted by molar-refractivity contribution is -0.116. The third-order valence-corrected chi connectivity index (χ3v) is 3.63. The average molecular weight is 263 g/mol. The van der Waals surface area contributed by atoms with Crippen LogP contribution in [0.2, 0.25) is 0 Å². The van der Waals surface area contributed by atoms with Gasteiger partial charge < -0.3 is 15.7 Å². The zero-order valence-electron chi connectivity index (χ0n) is 11.2. The predicted molar refractivity (Wildman–Crippen MR) is 73.7 cm³/mol. The lowest BCUT2D eigenvalue weighted by Gasteiger charge is -2.31. The van der Waals surface area contributed by atoms with Crippen molar-refractivity contribution in [3.05, 3.63) is 23.9 Å². The second kappa shape index (κ2) is 6.02. The summed E-state index contributed by atoms with van der Waals surface area (Å²) in [7, 11) is 0. The van der Waals surface area contributed by atoms with Gasteiger partial charge in [-0.1, -0.05) is 18.9 Å². The molecule has 5 nitrogen and oxygen atoms in total. The maximum Gasteiger partial charge on any atom is 0.237 e. The highest BCUT2D eigenvalue weighted by Gasteiger charge is 2.27. The van der Waals surface area contributed by atoms with E-state index in [0.29, 0.717) is 11.9 Å². The lowest BCUT2D eigenvalue weighted by Crippen LogP contribution is -2.41. The van der Waals surface area contributed by atoms with Crippen LogP contribution in [0.25, 0.3) is 0 Å². The van der Waals surface area contributed by atoms with Crippen LogP contribution in [0.5, 0.6) is 0 Å². The van der Waals surface area contributed by atoms with Crippen LogP contribution in [0.15, 0.2) is 18.3 Å². The summed E-state index contributed by atoms with van der Waals surface area (Å²) in [5.74, 6) is 0.317. The summed E-state index contributed by atoms with van der Waals surface area (Å²) in [6, 6.07) is 3.93. The standard InChI is InChI=1S/C14H21N3O2/c1-10(18)12-7-4-8-16-14(12)17(9-13(15)19)11-5-2-3-6-11/h4,7-8,10-11,18H,2-3,5-6,9H2,1H3,(H2,15,19). The van der Waals surface area contributed by atoms with Gasteiger partial charge in [-0.3, -0.25) is 4.79 Å². The van der Waals surface area contributed by atoms with Gasteiger partial charge in [0.1, 0.15) is 5.82 Å². The molecule has 2 rings (SSSR count). The fraction of sp³-hybridized carbons (Fsp3) is 0.571. The van der Waals surface area contributed by atoms with Crippen LogP contribution in [0.4, 0.5) is 5.82 Å². The molecule has 1 unspecified atom stereocenters. The van der Waals surface area contributed by atoms with Crippen LogP contribution in [0.1, 0.15) is 44.3 Å². The number of amides is 1. The van der Waals surface area contributed by atoms with Gasteiger partial charge in [-0.2, -0.15) is 0 Å². The van der Waals surface area contributed by atoms with E-state index < -0.39 is 6.10 Å². The first-order chi connectivity index (χ1) is 9.09. The summed E-state index contributed by atoms with van der Waals surface area (Å²) in [5, 5.41) is 9.85. The summed E-state index contributed by atoms with van der Waals surface area (Å²) >= 11 is 0. The van der Waals surface area contributed by atoms with Crippen molar-refractivity contribution in [2.75, 3.05) is 11.4 Å². The Kier molecular flexibility index (Phi) is 4.37. The van der Waals surface area contributed by atoms with E-state index in [1.54, 1.807) is 19.2 Å². The first kappa shape index (κ1) is 13.8. The zero-order chi connectivity index (χ0) is 13.8. The molecule has 19 heavy (non-hydrogen) atoms. The molecule has 0 aliphatic heterocycles. The molecule has 1 aromatic heterocycles. The van der Waals surface area contributed by atoms with Gasteiger partial charge in [-0.25, -0.2) is 4.98 Å². The Hall–Kier alpha value is -1.62. The number of carbonyl (C=O) groups excluding carboxylic acids is 1. The van der Waals surface area contributed by atoms with Crippen LogP contribution in [0.3, 0.4) is 0 Å². The van der Waals surface area contributed by atoms with Crippen molar-refractivity contribution in [1.82, 2.24) is 4.98 Å². The van der Waals surface area contributed by atoms with Gasteiger partial charge in [0.2, 0.25) is 5.91 Å². The van der Waals surface area contributed by atoms with Crippen molar-refractivity contribution in [2.45, 2.75) is 44.8 Å². The molecule has 1 saturated carbocycles. The van der Waals surface area contributed by atoms with Crippen LogP contribution >= 0.6 is 0 Å². The number of carbonyl (C=O) groups is 1. The van der Waals surface area contributed by atoms with Crippen molar-refractivity contribution in [3.8, 4) is 0 Å². The normalized spacial score (nSPS) is 17.4. The molecule has 3 N–H and O–H groups in total. The van der Waals surface area contributed by atoms with E-state index in [4.69, 9.17) is 5.73 Å². The summed E-state index contributed by atoms with van der Waals surface area (Å²) in [5.41, 5.74) is 6.10. The molecule has 0 saturated heterocycles. The Labute approximate surface area is 113 Å². The maximum atomic E-state index is 11.3. The van der Waals surface area contributed by atoms with Gasteiger partial charge in [-0.15, -0.1) is 0 Å². The van der Waals surface area contributed by atoms with E-state index in [2.05, 4.69) is 4.98 Å². The highest BCUT2D eigenvalue weighted by atomic mass is 16.3. The molecule has 0 spiro atoms. The molecular weight excluding hydrogens is 242 g/mol. The minimum Gasteiger partial charge on any atom is -0.389 e. The van der Waals surface area contributed by atoms with E-state index in [0.717, 1.165) is 31.2 Å². The lowest BCUT2D eigenvalue weighted by atomic mass is 10.1. The van der Waals surface area contributed by atoms with Crippen LogP contribution in [0, 0.1) is 0 Å². The number of hydrogen-bond acceptors (Lipinski definition) is 4. The van der Waals surface area contributed by atoms with Crippen LogP contribution in [-0.2, 0) is 4.79 Å². The fourth-order valence-electron chi connectivity index (χ4n) is 2.74. The SMILES string of the molecule is CC(O)c1cccnc1N(CC(N)=O)C1CCCC1. The van der Waals surface area contributed by atoms with Gasteiger partial charge in [0.05, 0.1) is 12.6 Å². The van der Waals surface area contributed by atoms with Crippen molar-refractivity contribution in [1.29, 1.82) is 0 Å². The number of pyridine rings is 1. The molecule has 104 valence electrons. The van der Waals surface area contributed by atoms with E-state index >= 15 is 0 Å². The van der Waals surface area contributed by atoms with E-state index in [9.17, 15) is 9.90 Å². The highest BCUT2D eigenvalue weighted by molar-refractivity contribution is 5.79. The molecule has 1 atom stereocenters. The molecular formula is C14H21N3O2. The Balaban J connectivity index is 2.33. The number of nitrogens with zero attached hydrogens (tertiary/aromatic N) is 2. The number of rotatable bonds is 5. The Bertz CT molecular complexity index is 442. The quantitative estimate of drug-likeness (QED) is 0.841. The Morgan fingerprint density at radius 2 is 2.26 bits per heavy atom. The largest absolute Gasteiger partial charge is 0.389 e. The Morgan fingerprint density at radius 1 is 1.58 bits per heavy atom. The van der Waals surface area contributed by atoms with E-state index in [1.807, 2.05) is 11.0 Å². The molecule has 0 radical (unpaired) electrons. The number of aromatic nitrogens is 1. The van der Waals surface area contributed by atoms with Crippen LogP contribution in [-0.4, -0.2) is 28.6 Å². The Morgan fingerprint density at radius 3 is 2.84 bits per heavy atom. The minimum absolute atomic E-state index is 0.154. The minimum atomic E-state index is -0.611. The second-order valence-corrected chi connectivity index (χ2v) is 5.12. The van der Waals surface area contributed by atoms with Crippen molar-refractivity contribution in [2.24, 2.45) is 5.73 Å². The molecule has 1 aliphatic rings. The molecule has 0 aromatic carbocycles. The molecule has 1 fully saturated rings. The predicted octanol–water partition coefficient (Wildman–Crippen LogP) is 1.37. The molecule has 1 amide bonds. The molecule has 1 heterocycles. The first-order valence-corrected chi connectivity index (χ1v) is 6.77. The topological polar surface area (TPSA) is 79.5 Å². The molecule has 1 aliphatic carbocycles. The summed E-state index contributed by atoms with van der Waals surface area (Å²) in [6.45, 7) is 1.86. The average Bonchev–Trinajstić information content (AvgIpc) is 2.89. The second-order valence-electron chi connectivity index (χ2n) is 5.12. The number of aliphatic hydroxyl groups excluding tert-OH is 1. The molecule has 5 heteroatoms. The fourth-order valence-corrected chi connectivity index (χ4v) is 2.74. The van der Waals surface area contributed by atoms with Gasteiger partial charge >= 0.3 is 0 Å². The number of nitrogens with two attached hydrogens (primary N) is 1. The first-order valence-electron chi connectivity index (χ1n) is 6.77. The number of primary amides is 1. The van der Waals surface area contributed by atoms with E-state index in [1.165, 1.54) is 0 Å². The third-order valence-electron chi connectivity index (χ3n) is 3.63. The number of hydrogen-bond donors (Lipinski definition) is 2. The van der Waals surface area contributed by atoms with E-state index in [-0.39, 0.29) is 12.5 Å². The number of aliphatic hydroxyl groups is 1. The highest BCUT2D eigenvalue weighted by Crippen LogP contribution is 2.31. The van der Waals surface area contributed by atoms with Gasteiger partial charge in [0, 0.05) is 17.8 Å². The van der Waals surface area contributed by atoms with Crippen LogP contribution < -0.4 is 10.6 Å². The maximum absolute atomic E-state index is 11.3. The van der Waals surface area contributed by atoms with Crippen molar-refractivity contribution < 1.29 is 9.90 Å².